The van der Waals surface area contributed by atoms with Crippen molar-refractivity contribution in [2.75, 3.05) is 66.1 Å². The van der Waals surface area contributed by atoms with Gasteiger partial charge in [0.05, 0.1) is 13.2 Å². The van der Waals surface area contributed by atoms with Crippen molar-refractivity contribution in [2.45, 2.75) is 45.1 Å². The van der Waals surface area contributed by atoms with Gasteiger partial charge in [-0.15, -0.1) is 24.0 Å². The number of guanidine groups is 1. The number of halogens is 1. The number of nitrogens with one attached hydrogen (secondary N) is 2. The van der Waals surface area contributed by atoms with Crippen molar-refractivity contribution >= 4 is 29.9 Å². The molecule has 0 amide bonds. The number of aliphatic imine (C=N–C) groups is 1. The number of hydrogen-bond acceptors (Lipinski definition) is 4. The van der Waals surface area contributed by atoms with Crippen LogP contribution in [0.4, 0.5) is 0 Å². The summed E-state index contributed by atoms with van der Waals surface area (Å²) in [5, 5.41) is 6.88. The Hall–Kier alpha value is -0.120. The molecule has 2 rings (SSSR count). The lowest BCUT2D eigenvalue weighted by Gasteiger charge is -2.27. The average molecular weight is 467 g/mol. The van der Waals surface area contributed by atoms with E-state index in [1.54, 1.807) is 7.11 Å². The predicted octanol–water partition coefficient (Wildman–Crippen LogP) is 1.76. The Morgan fingerprint density at radius 1 is 1.08 bits per heavy atom. The maximum Gasteiger partial charge on any atom is 0.191 e. The van der Waals surface area contributed by atoms with Crippen LogP contribution < -0.4 is 10.6 Å². The zero-order valence-corrected chi connectivity index (χ0v) is 18.5. The van der Waals surface area contributed by atoms with Gasteiger partial charge in [-0.3, -0.25) is 9.89 Å². The molecular weight excluding hydrogens is 429 g/mol. The molecule has 6 nitrogen and oxygen atoms in total. The van der Waals surface area contributed by atoms with Gasteiger partial charge in [-0.05, 0) is 52.2 Å². The molecule has 2 aliphatic rings. The first-order valence-corrected chi connectivity index (χ1v) is 9.81. The van der Waals surface area contributed by atoms with Crippen LogP contribution in [-0.2, 0) is 4.74 Å². The van der Waals surface area contributed by atoms with E-state index in [4.69, 9.17) is 9.73 Å². The molecule has 2 N–H and O–H groups in total. The fourth-order valence-corrected chi connectivity index (χ4v) is 3.66. The number of hydrogen-bond donors (Lipinski definition) is 2. The van der Waals surface area contributed by atoms with E-state index in [1.165, 1.54) is 51.7 Å². The Labute approximate surface area is 171 Å². The lowest BCUT2D eigenvalue weighted by atomic mass is 10.1. The smallest absolute Gasteiger partial charge is 0.191 e. The Kier molecular flexibility index (Phi) is 12.8. The summed E-state index contributed by atoms with van der Waals surface area (Å²) in [6.45, 7) is 11.5. The molecule has 1 atom stereocenters. The van der Waals surface area contributed by atoms with Crippen LogP contribution in [0.2, 0.25) is 0 Å². The van der Waals surface area contributed by atoms with Crippen molar-refractivity contribution in [3.63, 3.8) is 0 Å². The normalized spacial score (nSPS) is 22.6. The molecule has 7 heteroatoms. The van der Waals surface area contributed by atoms with E-state index < -0.39 is 0 Å². The van der Waals surface area contributed by atoms with Crippen LogP contribution in [0.25, 0.3) is 0 Å². The van der Waals surface area contributed by atoms with Crippen molar-refractivity contribution in [2.24, 2.45) is 4.99 Å². The summed E-state index contributed by atoms with van der Waals surface area (Å²) >= 11 is 0. The second kappa shape index (κ2) is 14.0. The van der Waals surface area contributed by atoms with Crippen molar-refractivity contribution in [3.05, 3.63) is 0 Å². The monoisotopic (exact) mass is 467 g/mol. The number of rotatable bonds is 9. The van der Waals surface area contributed by atoms with Gasteiger partial charge in [-0.2, -0.15) is 0 Å². The summed E-state index contributed by atoms with van der Waals surface area (Å²) in [6, 6.07) is 0.567. The minimum absolute atomic E-state index is 0. The second-order valence-corrected chi connectivity index (χ2v) is 6.87. The summed E-state index contributed by atoms with van der Waals surface area (Å²) in [7, 11) is 1.78. The van der Waals surface area contributed by atoms with Crippen molar-refractivity contribution in [3.8, 4) is 0 Å². The third kappa shape index (κ3) is 8.88. The fourth-order valence-electron chi connectivity index (χ4n) is 3.66. The standard InChI is InChI=1S/C18H37N5O.HI/c1-3-19-18(20-9-13-22-10-5-4-6-11-22)21-16-17-8-7-12-23(17)14-15-24-2;/h17H,3-16H2,1-2H3,(H2,19,20,21);1H. The fraction of sp³-hybridized carbons (Fsp3) is 0.944. The summed E-state index contributed by atoms with van der Waals surface area (Å²) < 4.78 is 5.22. The minimum Gasteiger partial charge on any atom is -0.383 e. The van der Waals surface area contributed by atoms with E-state index in [0.29, 0.717) is 6.04 Å². The number of piperidine rings is 1. The molecule has 2 heterocycles. The van der Waals surface area contributed by atoms with Gasteiger partial charge in [-0.25, -0.2) is 0 Å². The van der Waals surface area contributed by atoms with Gasteiger partial charge in [0.25, 0.3) is 0 Å². The molecule has 0 aromatic carbocycles. The Morgan fingerprint density at radius 2 is 1.88 bits per heavy atom. The van der Waals surface area contributed by atoms with Crippen LogP contribution in [-0.4, -0.2) is 87.9 Å². The first kappa shape index (κ1) is 22.9. The number of nitrogens with zero attached hydrogens (tertiary/aromatic N) is 3. The van der Waals surface area contributed by atoms with E-state index in [-0.39, 0.29) is 24.0 Å². The van der Waals surface area contributed by atoms with E-state index in [1.807, 2.05) is 0 Å². The molecule has 0 aromatic heterocycles. The second-order valence-electron chi connectivity index (χ2n) is 6.87. The molecule has 0 saturated carbocycles. The van der Waals surface area contributed by atoms with Gasteiger partial charge in [0, 0.05) is 39.3 Å². The molecule has 2 aliphatic heterocycles. The van der Waals surface area contributed by atoms with E-state index in [0.717, 1.165) is 45.3 Å². The Balaban J connectivity index is 0.00000312. The summed E-state index contributed by atoms with van der Waals surface area (Å²) in [5.41, 5.74) is 0. The highest BCUT2D eigenvalue weighted by atomic mass is 127. The van der Waals surface area contributed by atoms with Gasteiger partial charge in [0.1, 0.15) is 0 Å². The molecule has 0 spiro atoms. The largest absolute Gasteiger partial charge is 0.383 e. The van der Waals surface area contributed by atoms with Crippen LogP contribution in [0.5, 0.6) is 0 Å². The third-order valence-electron chi connectivity index (χ3n) is 5.06. The first-order valence-electron chi connectivity index (χ1n) is 9.81. The highest BCUT2D eigenvalue weighted by Gasteiger charge is 2.23. The van der Waals surface area contributed by atoms with E-state index >= 15 is 0 Å². The minimum atomic E-state index is 0. The average Bonchev–Trinajstić information content (AvgIpc) is 3.06. The quantitative estimate of drug-likeness (QED) is 0.308. The lowest BCUT2D eigenvalue weighted by Crippen LogP contribution is -2.43. The van der Waals surface area contributed by atoms with Crippen LogP contribution in [0, 0.1) is 0 Å². The molecule has 1 unspecified atom stereocenters. The molecule has 0 aliphatic carbocycles. The van der Waals surface area contributed by atoms with Crippen LogP contribution in [0.1, 0.15) is 39.0 Å². The van der Waals surface area contributed by atoms with Crippen molar-refractivity contribution in [1.82, 2.24) is 20.4 Å². The molecule has 0 radical (unpaired) electrons. The van der Waals surface area contributed by atoms with Gasteiger partial charge in [-0.1, -0.05) is 6.42 Å². The van der Waals surface area contributed by atoms with Crippen LogP contribution >= 0.6 is 24.0 Å². The SMILES string of the molecule is CCNC(=NCC1CCCN1CCOC)NCCN1CCCCC1.I. The van der Waals surface area contributed by atoms with Crippen LogP contribution in [0.15, 0.2) is 4.99 Å². The van der Waals surface area contributed by atoms with Crippen molar-refractivity contribution in [1.29, 1.82) is 0 Å². The Bertz CT molecular complexity index is 363. The van der Waals surface area contributed by atoms with Crippen molar-refractivity contribution < 1.29 is 4.74 Å². The van der Waals surface area contributed by atoms with Crippen LogP contribution in [0.3, 0.4) is 0 Å². The molecular formula is C18H38IN5O. The number of methoxy groups -OCH3 is 1. The van der Waals surface area contributed by atoms with Gasteiger partial charge in [0.15, 0.2) is 5.96 Å². The van der Waals surface area contributed by atoms with E-state index in [2.05, 4.69) is 27.4 Å². The van der Waals surface area contributed by atoms with Gasteiger partial charge in [0.2, 0.25) is 0 Å². The number of likely N-dealkylation sites (tertiary alicyclic amines) is 2. The predicted molar refractivity (Wildman–Crippen MR) is 116 cm³/mol. The summed E-state index contributed by atoms with van der Waals surface area (Å²) in [6.07, 6.45) is 6.64. The lowest BCUT2D eigenvalue weighted by molar-refractivity contribution is 0.142. The zero-order chi connectivity index (χ0) is 17.0. The molecule has 0 bridgehead atoms. The van der Waals surface area contributed by atoms with E-state index in [9.17, 15) is 0 Å². The molecule has 25 heavy (non-hydrogen) atoms. The Morgan fingerprint density at radius 3 is 2.60 bits per heavy atom. The molecule has 2 saturated heterocycles. The number of ether oxygens (including phenoxy) is 1. The molecule has 2 fully saturated rings. The third-order valence-corrected chi connectivity index (χ3v) is 5.06. The zero-order valence-electron chi connectivity index (χ0n) is 16.1. The highest BCUT2D eigenvalue weighted by Crippen LogP contribution is 2.16. The maximum atomic E-state index is 5.22. The summed E-state index contributed by atoms with van der Waals surface area (Å²) in [5.74, 6) is 0.966. The highest BCUT2D eigenvalue weighted by molar-refractivity contribution is 14.0. The summed E-state index contributed by atoms with van der Waals surface area (Å²) in [4.78, 5) is 9.91. The first-order chi connectivity index (χ1) is 11.8. The maximum absolute atomic E-state index is 5.22. The van der Waals surface area contributed by atoms with Gasteiger partial charge < -0.3 is 20.3 Å². The van der Waals surface area contributed by atoms with Gasteiger partial charge >= 0.3 is 0 Å². The molecule has 0 aromatic rings. The molecule has 148 valence electrons. The topological polar surface area (TPSA) is 52.1 Å².